The number of rotatable bonds is 0. The molecule has 0 saturated heterocycles. The first kappa shape index (κ1) is 15.3. The molecule has 4 heteroatoms. The van der Waals surface area contributed by atoms with Crippen molar-refractivity contribution >= 4 is 5.97 Å². The van der Waals surface area contributed by atoms with Gasteiger partial charge in [0.05, 0.1) is 18.3 Å². The first-order chi connectivity index (χ1) is 9.56. The van der Waals surface area contributed by atoms with Gasteiger partial charge in [-0.05, 0) is 56.9 Å². The molecule has 2 rings (SSSR count). The third-order valence-corrected chi connectivity index (χ3v) is 4.19. The highest BCUT2D eigenvalue weighted by Crippen LogP contribution is 2.36. The Bertz CT molecular complexity index is 388. The highest BCUT2D eigenvalue weighted by Gasteiger charge is 2.35. The van der Waals surface area contributed by atoms with E-state index in [0.29, 0.717) is 12.8 Å². The molecule has 0 aromatic carbocycles. The van der Waals surface area contributed by atoms with Gasteiger partial charge in [-0.3, -0.25) is 0 Å². The van der Waals surface area contributed by atoms with Gasteiger partial charge in [0.1, 0.15) is 0 Å². The fourth-order valence-corrected chi connectivity index (χ4v) is 3.10. The van der Waals surface area contributed by atoms with Crippen molar-refractivity contribution in [2.75, 3.05) is 0 Å². The number of fused-ring (bicyclic) bond motifs is 1. The van der Waals surface area contributed by atoms with Crippen LogP contribution in [0.3, 0.4) is 0 Å². The summed E-state index contributed by atoms with van der Waals surface area (Å²) in [4.78, 5) is 11.6. The molecule has 1 saturated carbocycles. The topological polar surface area (TPSA) is 66.8 Å². The number of aliphatic hydroxyl groups excluding tert-OH is 2. The van der Waals surface area contributed by atoms with Gasteiger partial charge in [-0.1, -0.05) is 12.2 Å². The molecule has 1 aliphatic carbocycles. The van der Waals surface area contributed by atoms with E-state index in [-0.39, 0.29) is 24.0 Å². The van der Waals surface area contributed by atoms with Gasteiger partial charge in [-0.15, -0.1) is 0 Å². The molecule has 0 bridgehead atoms. The quantitative estimate of drug-likeness (QED) is 0.526. The summed E-state index contributed by atoms with van der Waals surface area (Å²) in [6.07, 6.45) is 9.87. The van der Waals surface area contributed by atoms with Crippen LogP contribution in [0.4, 0.5) is 0 Å². The molecule has 20 heavy (non-hydrogen) atoms. The minimum absolute atomic E-state index is 0.0246. The highest BCUT2D eigenvalue weighted by atomic mass is 16.5. The van der Waals surface area contributed by atoms with Crippen LogP contribution in [0.5, 0.6) is 0 Å². The first-order valence-electron chi connectivity index (χ1n) is 7.48. The second kappa shape index (κ2) is 7.04. The van der Waals surface area contributed by atoms with Crippen LogP contribution in [0, 0.1) is 11.8 Å². The number of carbonyl (C=O) groups is 1. The van der Waals surface area contributed by atoms with Gasteiger partial charge in [0.15, 0.2) is 0 Å². The molecule has 5 atom stereocenters. The van der Waals surface area contributed by atoms with Gasteiger partial charge in [0, 0.05) is 6.08 Å². The molecule has 2 aliphatic rings. The first-order valence-corrected chi connectivity index (χ1v) is 7.48. The van der Waals surface area contributed by atoms with E-state index in [1.54, 1.807) is 0 Å². The Morgan fingerprint density at radius 3 is 2.85 bits per heavy atom. The molecular formula is C16H24O4. The zero-order valence-corrected chi connectivity index (χ0v) is 11.9. The number of ether oxygens (including phenoxy) is 1. The summed E-state index contributed by atoms with van der Waals surface area (Å²) < 4.78 is 5.23. The summed E-state index contributed by atoms with van der Waals surface area (Å²) >= 11 is 0. The van der Waals surface area contributed by atoms with Crippen molar-refractivity contribution in [2.24, 2.45) is 11.8 Å². The average molecular weight is 280 g/mol. The van der Waals surface area contributed by atoms with Crippen molar-refractivity contribution in [1.82, 2.24) is 0 Å². The van der Waals surface area contributed by atoms with Gasteiger partial charge in [0.2, 0.25) is 0 Å². The molecule has 112 valence electrons. The van der Waals surface area contributed by atoms with E-state index < -0.39 is 12.1 Å². The van der Waals surface area contributed by atoms with Crippen molar-refractivity contribution in [3.63, 3.8) is 0 Å². The van der Waals surface area contributed by atoms with Crippen LogP contribution in [-0.2, 0) is 9.53 Å². The Morgan fingerprint density at radius 2 is 2.05 bits per heavy atom. The van der Waals surface area contributed by atoms with Gasteiger partial charge in [0.25, 0.3) is 0 Å². The van der Waals surface area contributed by atoms with Crippen molar-refractivity contribution < 1.29 is 19.7 Å². The van der Waals surface area contributed by atoms with E-state index in [4.69, 9.17) is 4.74 Å². The largest absolute Gasteiger partial charge is 0.460 e. The van der Waals surface area contributed by atoms with Gasteiger partial charge >= 0.3 is 5.97 Å². The van der Waals surface area contributed by atoms with E-state index in [9.17, 15) is 15.0 Å². The number of carbonyl (C=O) groups excluding carboxylic acids is 1. The van der Waals surface area contributed by atoms with Crippen LogP contribution in [0.15, 0.2) is 24.3 Å². The zero-order valence-electron chi connectivity index (χ0n) is 11.9. The van der Waals surface area contributed by atoms with E-state index in [1.165, 1.54) is 12.2 Å². The minimum atomic E-state index is -0.717. The third kappa shape index (κ3) is 4.18. The van der Waals surface area contributed by atoms with E-state index in [0.717, 1.165) is 19.3 Å². The maximum Gasteiger partial charge on any atom is 0.330 e. The Morgan fingerprint density at radius 1 is 1.25 bits per heavy atom. The van der Waals surface area contributed by atoms with E-state index >= 15 is 0 Å². The molecule has 0 amide bonds. The number of hydrogen-bond donors (Lipinski definition) is 2. The summed E-state index contributed by atoms with van der Waals surface area (Å²) in [7, 11) is 0. The van der Waals surface area contributed by atoms with Crippen LogP contribution in [0.25, 0.3) is 0 Å². The number of hydrogen-bond acceptors (Lipinski definition) is 4. The maximum absolute atomic E-state index is 11.6. The predicted molar refractivity (Wildman–Crippen MR) is 75.9 cm³/mol. The summed E-state index contributed by atoms with van der Waals surface area (Å²) in [6.45, 7) is 1.89. The van der Waals surface area contributed by atoms with Crippen LogP contribution in [-0.4, -0.2) is 34.5 Å². The second-order valence-corrected chi connectivity index (χ2v) is 5.91. The standard InChI is InChI=1S/C16H24O4/c1-11-5-3-2-4-6-12-9-13(17)10-14(12)15(18)7-8-16(19)20-11/h4,6-8,11-15,17-18H,2-3,5,9-10H2,1H3/b6-4+,8-7-. The van der Waals surface area contributed by atoms with E-state index in [1.807, 2.05) is 6.92 Å². The fourth-order valence-electron chi connectivity index (χ4n) is 3.10. The number of cyclic esters (lactones) is 1. The van der Waals surface area contributed by atoms with E-state index in [2.05, 4.69) is 12.2 Å². The molecule has 1 fully saturated rings. The molecule has 2 N–H and O–H groups in total. The van der Waals surface area contributed by atoms with Crippen molar-refractivity contribution in [2.45, 2.75) is 57.3 Å². The lowest BCUT2D eigenvalue weighted by Gasteiger charge is -2.19. The molecule has 0 spiro atoms. The SMILES string of the molecule is CC1CCC/C=C/C2CC(O)CC2C(O)/C=C\C(=O)O1. The van der Waals surface area contributed by atoms with Crippen LogP contribution < -0.4 is 0 Å². The third-order valence-electron chi connectivity index (χ3n) is 4.19. The lowest BCUT2D eigenvalue weighted by molar-refractivity contribution is -0.142. The summed E-state index contributed by atoms with van der Waals surface area (Å²) in [5.74, 6) is -0.249. The molecule has 0 aromatic rings. The molecule has 0 aromatic heterocycles. The summed E-state index contributed by atoms with van der Waals surface area (Å²) in [5, 5.41) is 20.0. The smallest absolute Gasteiger partial charge is 0.330 e. The maximum atomic E-state index is 11.6. The Balaban J connectivity index is 2.11. The Hall–Kier alpha value is -1.13. The second-order valence-electron chi connectivity index (χ2n) is 5.91. The van der Waals surface area contributed by atoms with Crippen molar-refractivity contribution in [3.05, 3.63) is 24.3 Å². The van der Waals surface area contributed by atoms with Crippen molar-refractivity contribution in [3.8, 4) is 0 Å². The van der Waals surface area contributed by atoms with Crippen LogP contribution in [0.2, 0.25) is 0 Å². The normalized spacial score (nSPS) is 42.5. The zero-order chi connectivity index (χ0) is 14.5. The minimum Gasteiger partial charge on any atom is -0.460 e. The number of esters is 1. The fraction of sp³-hybridized carbons (Fsp3) is 0.688. The predicted octanol–water partition coefficient (Wildman–Crippen LogP) is 1.96. The summed E-state index contributed by atoms with van der Waals surface area (Å²) in [6, 6.07) is 0. The number of aliphatic hydroxyl groups is 2. The molecule has 1 aliphatic heterocycles. The molecule has 0 radical (unpaired) electrons. The summed E-state index contributed by atoms with van der Waals surface area (Å²) in [5.41, 5.74) is 0. The highest BCUT2D eigenvalue weighted by molar-refractivity contribution is 5.82. The Labute approximate surface area is 120 Å². The lowest BCUT2D eigenvalue weighted by Crippen LogP contribution is -2.21. The van der Waals surface area contributed by atoms with Gasteiger partial charge in [-0.25, -0.2) is 4.79 Å². The molecule has 1 heterocycles. The molecule has 5 unspecified atom stereocenters. The monoisotopic (exact) mass is 280 g/mol. The van der Waals surface area contributed by atoms with Crippen LogP contribution in [0.1, 0.15) is 39.0 Å². The molecule has 4 nitrogen and oxygen atoms in total. The number of allylic oxidation sites excluding steroid dienone is 2. The van der Waals surface area contributed by atoms with Gasteiger partial charge in [-0.2, -0.15) is 0 Å². The lowest BCUT2D eigenvalue weighted by atomic mass is 9.90. The van der Waals surface area contributed by atoms with Crippen LogP contribution >= 0.6 is 0 Å². The molecular weight excluding hydrogens is 256 g/mol. The Kier molecular flexibility index (Phi) is 5.38. The van der Waals surface area contributed by atoms with Gasteiger partial charge < -0.3 is 14.9 Å². The average Bonchev–Trinajstić information content (AvgIpc) is 2.76. The van der Waals surface area contributed by atoms with Crippen molar-refractivity contribution in [1.29, 1.82) is 0 Å².